The molecule has 9 nitrogen and oxygen atoms in total. The van der Waals surface area contributed by atoms with Crippen molar-refractivity contribution < 1.29 is 24.2 Å². The molecular weight excluding hydrogens is 513 g/mol. The number of aliphatic hydroxyl groups is 2. The van der Waals surface area contributed by atoms with Crippen molar-refractivity contribution in [3.63, 3.8) is 0 Å². The van der Waals surface area contributed by atoms with Crippen LogP contribution in [0, 0.1) is 5.82 Å². The van der Waals surface area contributed by atoms with Crippen LogP contribution in [0.25, 0.3) is 11.3 Å². The summed E-state index contributed by atoms with van der Waals surface area (Å²) in [5.74, 6) is -1.62. The number of hydrogen-bond donors (Lipinski definition) is 5. The molecule has 6 N–H and O–H groups in total. The third kappa shape index (κ3) is 6.45. The Morgan fingerprint density at radius 3 is 2.55 bits per heavy atom. The lowest BCUT2D eigenvalue weighted by atomic mass is 9.84. The molecule has 1 aromatic heterocycles. The maximum Gasteiger partial charge on any atom is 0.254 e. The van der Waals surface area contributed by atoms with E-state index in [9.17, 15) is 14.7 Å². The summed E-state index contributed by atoms with van der Waals surface area (Å²) in [4.78, 5) is 33.2. The van der Waals surface area contributed by atoms with Crippen LogP contribution in [0.15, 0.2) is 48.7 Å². The number of amides is 2. The van der Waals surface area contributed by atoms with Crippen LogP contribution in [-0.4, -0.2) is 51.3 Å². The van der Waals surface area contributed by atoms with Crippen molar-refractivity contribution in [1.29, 1.82) is 0 Å². The second kappa shape index (κ2) is 12.3. The number of nitrogens with two attached hydrogens (primary N) is 1. The van der Waals surface area contributed by atoms with Crippen LogP contribution < -0.4 is 16.4 Å². The number of nitrogens with one attached hydrogen (secondary N) is 2. The molecule has 1 heterocycles. The van der Waals surface area contributed by atoms with Crippen molar-refractivity contribution in [2.45, 2.75) is 43.7 Å². The van der Waals surface area contributed by atoms with Crippen molar-refractivity contribution >= 4 is 29.2 Å². The summed E-state index contributed by atoms with van der Waals surface area (Å²) in [6.07, 6.45) is 4.61. The van der Waals surface area contributed by atoms with Crippen molar-refractivity contribution in [2.24, 2.45) is 0 Å². The largest absolute Gasteiger partial charge is 0.394 e. The number of hydrogen-bond acceptors (Lipinski definition) is 7. The van der Waals surface area contributed by atoms with Gasteiger partial charge in [0.05, 0.1) is 30.1 Å². The second-order valence-corrected chi connectivity index (χ2v) is 9.70. The topological polar surface area (TPSA) is 150 Å². The molecule has 1 atom stereocenters. The molecule has 1 saturated carbocycles. The molecule has 2 amide bonds. The number of halogens is 2. The van der Waals surface area contributed by atoms with E-state index < -0.39 is 30.3 Å². The molecule has 1 unspecified atom stereocenters. The fourth-order valence-corrected chi connectivity index (χ4v) is 4.87. The van der Waals surface area contributed by atoms with Gasteiger partial charge >= 0.3 is 0 Å². The predicted octanol–water partition coefficient (Wildman–Crippen LogP) is 3.12. The van der Waals surface area contributed by atoms with Gasteiger partial charge in [0.1, 0.15) is 23.9 Å². The zero-order valence-electron chi connectivity index (χ0n) is 20.5. The van der Waals surface area contributed by atoms with E-state index in [0.717, 1.165) is 31.4 Å². The summed E-state index contributed by atoms with van der Waals surface area (Å²) in [5.41, 5.74) is 7.88. The first-order chi connectivity index (χ1) is 18.3. The number of aromatic nitrogens is 2. The van der Waals surface area contributed by atoms with Crippen LogP contribution in [0.3, 0.4) is 0 Å². The molecule has 200 valence electrons. The van der Waals surface area contributed by atoms with E-state index in [1.54, 1.807) is 36.5 Å². The molecule has 4 rings (SSSR count). The maximum absolute atomic E-state index is 15.1. The van der Waals surface area contributed by atoms with E-state index in [1.807, 2.05) is 0 Å². The van der Waals surface area contributed by atoms with E-state index in [-0.39, 0.29) is 29.9 Å². The zero-order valence-corrected chi connectivity index (χ0v) is 21.3. The molecule has 3 aromatic rings. The number of carbonyl (C=O) groups excluding carboxylic acids is 2. The minimum Gasteiger partial charge on any atom is -0.394 e. The summed E-state index contributed by atoms with van der Waals surface area (Å²) in [6, 6.07) is 10.0. The van der Waals surface area contributed by atoms with Crippen molar-refractivity contribution in [2.75, 3.05) is 18.9 Å². The zero-order chi connectivity index (χ0) is 27.2. The average Bonchev–Trinajstić information content (AvgIpc) is 2.92. The number of anilines is 1. The van der Waals surface area contributed by atoms with Crippen molar-refractivity contribution in [3.05, 3.63) is 76.3 Å². The highest BCUT2D eigenvalue weighted by Crippen LogP contribution is 2.34. The summed E-state index contributed by atoms with van der Waals surface area (Å²) in [7, 11) is 0. The van der Waals surface area contributed by atoms with Gasteiger partial charge in [-0.2, -0.15) is 0 Å². The van der Waals surface area contributed by atoms with Gasteiger partial charge in [-0.15, -0.1) is 0 Å². The van der Waals surface area contributed by atoms with E-state index in [2.05, 4.69) is 20.6 Å². The molecule has 38 heavy (non-hydrogen) atoms. The Morgan fingerprint density at radius 2 is 1.89 bits per heavy atom. The van der Waals surface area contributed by atoms with Crippen LogP contribution in [-0.2, 0) is 4.79 Å². The Morgan fingerprint density at radius 1 is 1.13 bits per heavy atom. The van der Waals surface area contributed by atoms with Gasteiger partial charge in [0.2, 0.25) is 5.91 Å². The van der Waals surface area contributed by atoms with E-state index in [0.29, 0.717) is 21.8 Å². The number of aliphatic hydroxyl groups excluding tert-OH is 2. The predicted molar refractivity (Wildman–Crippen MR) is 141 cm³/mol. The van der Waals surface area contributed by atoms with Gasteiger partial charge in [-0.25, -0.2) is 14.4 Å². The normalized spacial score (nSPS) is 18.0. The third-order valence-corrected chi connectivity index (χ3v) is 6.93. The molecule has 1 aliphatic rings. The summed E-state index contributed by atoms with van der Waals surface area (Å²) >= 11 is 6.00. The fraction of sp³-hybridized carbons (Fsp3) is 0.333. The van der Waals surface area contributed by atoms with Crippen LogP contribution in [0.2, 0.25) is 5.02 Å². The van der Waals surface area contributed by atoms with Crippen LogP contribution in [0.5, 0.6) is 0 Å². The Hall–Kier alpha value is -3.60. The monoisotopic (exact) mass is 541 g/mol. The first-order valence-corrected chi connectivity index (χ1v) is 12.7. The van der Waals surface area contributed by atoms with Gasteiger partial charge in [0.15, 0.2) is 0 Å². The summed E-state index contributed by atoms with van der Waals surface area (Å²) in [5, 5.41) is 24.6. The Balaban J connectivity index is 1.48. The molecule has 2 aromatic carbocycles. The second-order valence-electron chi connectivity index (χ2n) is 9.26. The lowest BCUT2D eigenvalue weighted by Crippen LogP contribution is -2.38. The molecular formula is C27H29ClFN5O4. The summed E-state index contributed by atoms with van der Waals surface area (Å²) in [6.45, 7) is -0.923. The van der Waals surface area contributed by atoms with E-state index in [4.69, 9.17) is 22.4 Å². The molecule has 0 saturated heterocycles. The van der Waals surface area contributed by atoms with E-state index in [1.165, 1.54) is 12.1 Å². The van der Waals surface area contributed by atoms with Gasteiger partial charge in [-0.05, 0) is 55.5 Å². The van der Waals surface area contributed by atoms with Crippen LogP contribution >= 0.6 is 11.6 Å². The minimum atomic E-state index is -0.769. The first-order valence-electron chi connectivity index (χ1n) is 12.3. The molecule has 0 bridgehead atoms. The molecule has 1 fully saturated rings. The quantitative estimate of drug-likeness (QED) is 0.294. The number of nitrogens with zero attached hydrogens (tertiary/aromatic N) is 2. The third-order valence-electron chi connectivity index (χ3n) is 6.70. The van der Waals surface area contributed by atoms with E-state index >= 15 is 4.39 Å². The Labute approximate surface area is 224 Å². The molecule has 0 radical (unpaired) electrons. The van der Waals surface area contributed by atoms with Gasteiger partial charge in [0, 0.05) is 22.5 Å². The van der Waals surface area contributed by atoms with Crippen LogP contribution in [0.1, 0.15) is 59.3 Å². The van der Waals surface area contributed by atoms with Gasteiger partial charge in [-0.1, -0.05) is 29.8 Å². The van der Waals surface area contributed by atoms with Gasteiger partial charge < -0.3 is 26.6 Å². The number of rotatable bonds is 8. The number of nitrogen functional groups attached to an aromatic ring is 1. The van der Waals surface area contributed by atoms with Gasteiger partial charge in [0.25, 0.3) is 5.91 Å². The summed E-state index contributed by atoms with van der Waals surface area (Å²) < 4.78 is 15.1. The minimum absolute atomic E-state index is 0.00389. The van der Waals surface area contributed by atoms with Gasteiger partial charge in [-0.3, -0.25) is 9.59 Å². The number of carbonyl (C=O) groups is 2. The van der Waals surface area contributed by atoms with Crippen molar-refractivity contribution in [1.82, 2.24) is 20.6 Å². The smallest absolute Gasteiger partial charge is 0.254 e. The highest BCUT2D eigenvalue weighted by Gasteiger charge is 2.26. The Bertz CT molecular complexity index is 1320. The molecule has 11 heteroatoms. The van der Waals surface area contributed by atoms with Crippen LogP contribution in [0.4, 0.5) is 10.2 Å². The Kier molecular flexibility index (Phi) is 8.88. The lowest BCUT2D eigenvalue weighted by Gasteiger charge is -2.28. The highest BCUT2D eigenvalue weighted by molar-refractivity contribution is 6.30. The highest BCUT2D eigenvalue weighted by atomic mass is 35.5. The van der Waals surface area contributed by atoms with Crippen molar-refractivity contribution in [3.8, 4) is 11.3 Å². The lowest BCUT2D eigenvalue weighted by molar-refractivity contribution is -0.124. The standard InChI is InChI=1S/C27H29ClFN5O4/c28-18-3-1-2-16(10-18)23(13-35)34-27(38)20-9-6-17(11-21(20)29)25-26(30)31-12-22(33-25)15-4-7-19(8-5-15)32-24(37)14-36/h1-3,6,9-12,15,19,23,35-36H,4-5,7-8,13-14H2,(H2,30,31)(H,32,37)(H,34,38). The fourth-order valence-electron chi connectivity index (χ4n) is 4.67. The number of benzene rings is 2. The molecule has 0 aliphatic heterocycles. The maximum atomic E-state index is 15.1. The average molecular weight is 542 g/mol. The SMILES string of the molecule is Nc1ncc(C2CCC(NC(=O)CO)CC2)nc1-c1ccc(C(=O)NC(CO)c2cccc(Cl)c2)c(F)c1. The first kappa shape index (κ1) is 27.4. The molecule has 1 aliphatic carbocycles. The molecule has 0 spiro atoms.